The molecule has 0 fully saturated rings. The third-order valence-electron chi connectivity index (χ3n) is 6.26. The summed E-state index contributed by atoms with van der Waals surface area (Å²) < 4.78 is 2.19. The van der Waals surface area contributed by atoms with Gasteiger partial charge in [-0.25, -0.2) is 9.97 Å². The molecule has 5 nitrogen and oxygen atoms in total. The number of nitrogens with zero attached hydrogens (tertiary/aromatic N) is 5. The van der Waals surface area contributed by atoms with Gasteiger partial charge in [0.05, 0.1) is 16.9 Å². The highest BCUT2D eigenvalue weighted by molar-refractivity contribution is 7.98. The minimum Gasteiger partial charge on any atom is -0.302 e. The summed E-state index contributed by atoms with van der Waals surface area (Å²) in [6, 6.07) is 29.2. The summed E-state index contributed by atoms with van der Waals surface area (Å²) in [6.45, 7) is 5.01. The maximum absolute atomic E-state index is 4.93. The number of thioether (sulfide) groups is 1. The predicted molar refractivity (Wildman–Crippen MR) is 154 cm³/mol. The molecule has 0 saturated carbocycles. The van der Waals surface area contributed by atoms with Crippen LogP contribution in [-0.2, 0) is 12.3 Å². The molecule has 3 heterocycles. The van der Waals surface area contributed by atoms with E-state index >= 15 is 0 Å². The van der Waals surface area contributed by atoms with Crippen LogP contribution in [0.1, 0.15) is 18.2 Å². The summed E-state index contributed by atoms with van der Waals surface area (Å²) in [5.41, 5.74) is 7.47. The van der Waals surface area contributed by atoms with E-state index in [4.69, 9.17) is 9.97 Å². The Hall–Kier alpha value is -3.81. The zero-order valence-electron chi connectivity index (χ0n) is 20.6. The lowest BCUT2D eigenvalue weighted by Crippen LogP contribution is -2.01. The molecule has 3 aromatic carbocycles. The van der Waals surface area contributed by atoms with E-state index in [1.54, 1.807) is 23.1 Å². The number of hydrogen-bond donors (Lipinski definition) is 0. The van der Waals surface area contributed by atoms with E-state index in [0.717, 1.165) is 67.3 Å². The van der Waals surface area contributed by atoms with E-state index in [9.17, 15) is 0 Å². The number of hydrogen-bond acceptors (Lipinski definition) is 6. The van der Waals surface area contributed by atoms with Gasteiger partial charge in [0, 0.05) is 39.8 Å². The van der Waals surface area contributed by atoms with Crippen molar-refractivity contribution in [1.82, 2.24) is 24.7 Å². The molecule has 0 bridgehead atoms. The Labute approximate surface area is 224 Å². The van der Waals surface area contributed by atoms with Gasteiger partial charge < -0.3 is 4.57 Å². The summed E-state index contributed by atoms with van der Waals surface area (Å²) in [6.07, 6.45) is 0. The van der Waals surface area contributed by atoms with Crippen LogP contribution in [0.5, 0.6) is 0 Å². The maximum atomic E-state index is 4.93. The number of aromatic nitrogens is 5. The number of thiazole rings is 1. The van der Waals surface area contributed by atoms with E-state index in [1.165, 1.54) is 5.56 Å². The summed E-state index contributed by atoms with van der Waals surface area (Å²) >= 11 is 3.36. The minimum absolute atomic E-state index is 0.743. The van der Waals surface area contributed by atoms with Crippen LogP contribution in [0.4, 0.5) is 0 Å². The van der Waals surface area contributed by atoms with Gasteiger partial charge in [0.25, 0.3) is 0 Å². The lowest BCUT2D eigenvalue weighted by molar-refractivity contribution is 0.687. The molecule has 6 rings (SSSR count). The van der Waals surface area contributed by atoms with Crippen molar-refractivity contribution in [3.63, 3.8) is 0 Å². The lowest BCUT2D eigenvalue weighted by atomic mass is 10.0. The number of fused-ring (bicyclic) bond motifs is 1. The van der Waals surface area contributed by atoms with Crippen LogP contribution in [0.2, 0.25) is 0 Å². The first-order chi connectivity index (χ1) is 18.2. The van der Waals surface area contributed by atoms with E-state index in [-0.39, 0.29) is 0 Å². The second-order valence-electron chi connectivity index (χ2n) is 8.79. The summed E-state index contributed by atoms with van der Waals surface area (Å²) in [7, 11) is 0. The zero-order chi connectivity index (χ0) is 25.2. The first-order valence-electron chi connectivity index (χ1n) is 12.2. The van der Waals surface area contributed by atoms with Gasteiger partial charge in [-0.3, -0.25) is 0 Å². The molecule has 0 N–H and O–H groups in total. The highest BCUT2D eigenvalue weighted by Gasteiger charge is 2.18. The largest absolute Gasteiger partial charge is 0.302 e. The topological polar surface area (TPSA) is 56.5 Å². The first-order valence-corrected chi connectivity index (χ1v) is 14.1. The van der Waals surface area contributed by atoms with Gasteiger partial charge in [0.1, 0.15) is 5.01 Å². The van der Waals surface area contributed by atoms with E-state index in [0.29, 0.717) is 0 Å². The molecular weight excluding hydrogens is 494 g/mol. The van der Waals surface area contributed by atoms with Gasteiger partial charge in [-0.2, -0.15) is 0 Å². The van der Waals surface area contributed by atoms with Crippen molar-refractivity contribution in [1.29, 1.82) is 0 Å². The fourth-order valence-corrected chi connectivity index (χ4v) is 6.16. The Bertz CT molecular complexity index is 1670. The van der Waals surface area contributed by atoms with Crippen LogP contribution in [-0.4, -0.2) is 24.7 Å². The van der Waals surface area contributed by atoms with Crippen LogP contribution >= 0.6 is 23.1 Å². The van der Waals surface area contributed by atoms with Crippen LogP contribution < -0.4 is 0 Å². The van der Waals surface area contributed by atoms with Crippen LogP contribution in [0.25, 0.3) is 44.1 Å². The SMILES string of the molecule is CCn1c(SCc2csc(-c3ccc(C)cc3)n2)nnc1-c1cc(-c2ccccc2)nc2ccccc12. The number of rotatable bonds is 7. The highest BCUT2D eigenvalue weighted by atomic mass is 32.2. The molecule has 3 aromatic heterocycles. The number of aryl methyl sites for hydroxylation is 1. The van der Waals surface area contributed by atoms with Crippen LogP contribution in [0.3, 0.4) is 0 Å². The molecule has 0 aliphatic rings. The van der Waals surface area contributed by atoms with Gasteiger partial charge in [0.2, 0.25) is 0 Å². The number of benzene rings is 3. The van der Waals surface area contributed by atoms with Gasteiger partial charge >= 0.3 is 0 Å². The predicted octanol–water partition coefficient (Wildman–Crippen LogP) is 7.90. The summed E-state index contributed by atoms with van der Waals surface area (Å²) in [5.74, 6) is 1.60. The number of para-hydroxylation sites is 1. The second-order valence-corrected chi connectivity index (χ2v) is 10.6. The average molecular weight is 520 g/mol. The number of pyridine rings is 1. The Morgan fingerprint density at radius 2 is 1.62 bits per heavy atom. The maximum Gasteiger partial charge on any atom is 0.191 e. The zero-order valence-corrected chi connectivity index (χ0v) is 22.3. The summed E-state index contributed by atoms with van der Waals surface area (Å²) in [4.78, 5) is 9.80. The van der Waals surface area contributed by atoms with Gasteiger partial charge in [-0.1, -0.05) is 90.1 Å². The van der Waals surface area contributed by atoms with Crippen molar-refractivity contribution < 1.29 is 0 Å². The highest BCUT2D eigenvalue weighted by Crippen LogP contribution is 2.34. The Balaban J connectivity index is 1.32. The molecule has 6 aromatic rings. The van der Waals surface area contributed by atoms with E-state index in [2.05, 4.69) is 88.6 Å². The molecule has 0 aliphatic carbocycles. The van der Waals surface area contributed by atoms with Gasteiger partial charge in [-0.15, -0.1) is 21.5 Å². The summed E-state index contributed by atoms with van der Waals surface area (Å²) in [5, 5.41) is 14.4. The lowest BCUT2D eigenvalue weighted by Gasteiger charge is -2.11. The fraction of sp³-hybridized carbons (Fsp3) is 0.133. The molecule has 0 unspecified atom stereocenters. The minimum atomic E-state index is 0.743. The molecule has 182 valence electrons. The van der Waals surface area contributed by atoms with Gasteiger partial charge in [0.15, 0.2) is 11.0 Å². The molecule has 7 heteroatoms. The van der Waals surface area contributed by atoms with Crippen molar-refractivity contribution in [2.24, 2.45) is 0 Å². The van der Waals surface area contributed by atoms with E-state index in [1.807, 2.05) is 30.3 Å². The normalized spacial score (nSPS) is 11.3. The third-order valence-corrected chi connectivity index (χ3v) is 8.20. The Kier molecular flexibility index (Phi) is 6.55. The molecular formula is C30H25N5S2. The third kappa shape index (κ3) is 4.80. The van der Waals surface area contributed by atoms with Crippen molar-refractivity contribution in [3.05, 3.63) is 102 Å². The van der Waals surface area contributed by atoms with Crippen LogP contribution in [0, 0.1) is 6.92 Å². The molecule has 0 spiro atoms. The quantitative estimate of drug-likeness (QED) is 0.201. The molecule has 0 radical (unpaired) electrons. The van der Waals surface area contributed by atoms with Crippen molar-refractivity contribution >= 4 is 34.0 Å². The average Bonchev–Trinajstić information content (AvgIpc) is 3.59. The Morgan fingerprint density at radius 1 is 0.838 bits per heavy atom. The van der Waals surface area contributed by atoms with Crippen molar-refractivity contribution in [2.45, 2.75) is 31.3 Å². The van der Waals surface area contributed by atoms with Crippen LogP contribution in [0.15, 0.2) is 95.5 Å². The monoisotopic (exact) mass is 519 g/mol. The second kappa shape index (κ2) is 10.3. The van der Waals surface area contributed by atoms with Crippen molar-refractivity contribution in [2.75, 3.05) is 0 Å². The Morgan fingerprint density at radius 3 is 2.43 bits per heavy atom. The standard InChI is InChI=1S/C30H25N5S2/c1-3-35-28(25-17-27(21-9-5-4-6-10-21)32-26-12-8-7-11-24(25)26)33-34-30(35)37-19-23-18-36-29(31-23)22-15-13-20(2)14-16-22/h4-18H,3,19H2,1-2H3. The van der Waals surface area contributed by atoms with E-state index < -0.39 is 0 Å². The first kappa shape index (κ1) is 23.6. The van der Waals surface area contributed by atoms with Gasteiger partial charge in [-0.05, 0) is 26.0 Å². The molecule has 0 saturated heterocycles. The molecule has 37 heavy (non-hydrogen) atoms. The molecule has 0 amide bonds. The molecule has 0 atom stereocenters. The van der Waals surface area contributed by atoms with Crippen molar-refractivity contribution in [3.8, 4) is 33.2 Å². The fourth-order valence-electron chi connectivity index (χ4n) is 4.34. The molecule has 0 aliphatic heterocycles. The smallest absolute Gasteiger partial charge is 0.191 e.